The molecule has 28 heavy (non-hydrogen) atoms. The third kappa shape index (κ3) is 5.10. The molecular formula is C18H18ClN3O6. The van der Waals surface area contributed by atoms with Gasteiger partial charge in [0.15, 0.2) is 12.4 Å². The van der Waals surface area contributed by atoms with E-state index in [9.17, 15) is 20.0 Å². The number of carbonyl (C=O) groups excluding carboxylic acids is 1. The lowest BCUT2D eigenvalue weighted by Gasteiger charge is -2.09. The Morgan fingerprint density at radius 3 is 2.54 bits per heavy atom. The molecule has 0 aliphatic carbocycles. The molecule has 0 spiro atoms. The number of rotatable bonds is 7. The Morgan fingerprint density at radius 1 is 1.32 bits per heavy atom. The summed E-state index contributed by atoms with van der Waals surface area (Å²) in [5.41, 5.74) is 3.63. The Balaban J connectivity index is 2.00. The number of halogens is 1. The van der Waals surface area contributed by atoms with Crippen molar-refractivity contribution in [2.75, 3.05) is 13.7 Å². The molecule has 2 aromatic rings. The highest BCUT2D eigenvalue weighted by molar-refractivity contribution is 6.32. The van der Waals surface area contributed by atoms with Crippen LogP contribution in [-0.4, -0.2) is 35.9 Å². The van der Waals surface area contributed by atoms with Crippen LogP contribution >= 0.6 is 11.6 Å². The number of nitro groups is 1. The fourth-order valence-electron chi connectivity index (χ4n) is 2.33. The molecule has 0 fully saturated rings. The number of hydrazone groups is 1. The van der Waals surface area contributed by atoms with Crippen molar-refractivity contribution in [3.63, 3.8) is 0 Å². The van der Waals surface area contributed by atoms with E-state index in [2.05, 4.69) is 10.5 Å². The molecule has 0 aromatic heterocycles. The monoisotopic (exact) mass is 407 g/mol. The molecule has 9 nitrogen and oxygen atoms in total. The number of benzene rings is 2. The zero-order valence-electron chi connectivity index (χ0n) is 15.4. The lowest BCUT2D eigenvalue weighted by atomic mass is 10.1. The second kappa shape index (κ2) is 9.05. The minimum absolute atomic E-state index is 0.0845. The Morgan fingerprint density at radius 2 is 1.96 bits per heavy atom. The van der Waals surface area contributed by atoms with Crippen molar-refractivity contribution in [3.05, 3.63) is 56.1 Å². The fraction of sp³-hybridized carbons (Fsp3) is 0.222. The number of carbonyl (C=O) groups is 1. The summed E-state index contributed by atoms with van der Waals surface area (Å²) in [5.74, 6) is -0.700. The molecule has 0 aliphatic rings. The number of aromatic hydroxyl groups is 1. The van der Waals surface area contributed by atoms with Crippen molar-refractivity contribution in [1.82, 2.24) is 5.43 Å². The molecule has 2 aromatic carbocycles. The van der Waals surface area contributed by atoms with Gasteiger partial charge >= 0.3 is 5.69 Å². The minimum Gasteiger partial charge on any atom is -0.500 e. The first-order valence-corrected chi connectivity index (χ1v) is 8.37. The number of aryl methyl sites for hydroxylation is 2. The van der Waals surface area contributed by atoms with E-state index in [1.807, 2.05) is 13.8 Å². The van der Waals surface area contributed by atoms with E-state index in [4.69, 9.17) is 21.1 Å². The highest BCUT2D eigenvalue weighted by atomic mass is 35.5. The number of hydrogen-bond donors (Lipinski definition) is 2. The molecule has 2 N–H and O–H groups in total. The number of nitro benzene ring substituents is 1. The first-order valence-electron chi connectivity index (χ1n) is 7.99. The van der Waals surface area contributed by atoms with Gasteiger partial charge < -0.3 is 14.6 Å². The van der Waals surface area contributed by atoms with Gasteiger partial charge in [0.05, 0.1) is 18.2 Å². The average molecular weight is 408 g/mol. The summed E-state index contributed by atoms with van der Waals surface area (Å²) in [7, 11) is 1.26. The van der Waals surface area contributed by atoms with Crippen molar-refractivity contribution in [1.29, 1.82) is 0 Å². The van der Waals surface area contributed by atoms with E-state index in [1.165, 1.54) is 19.4 Å². The predicted octanol–water partition coefficient (Wildman–Crippen LogP) is 3.11. The summed E-state index contributed by atoms with van der Waals surface area (Å²) in [5, 5.41) is 25.1. The van der Waals surface area contributed by atoms with Gasteiger partial charge in [-0.15, -0.1) is 0 Å². The van der Waals surface area contributed by atoms with E-state index in [0.717, 1.165) is 17.2 Å². The summed E-state index contributed by atoms with van der Waals surface area (Å²) in [6.45, 7) is 3.38. The van der Waals surface area contributed by atoms with Crippen LogP contribution in [0.5, 0.6) is 17.2 Å². The van der Waals surface area contributed by atoms with Crippen molar-refractivity contribution >= 4 is 29.4 Å². The fourth-order valence-corrected chi connectivity index (χ4v) is 2.44. The summed E-state index contributed by atoms with van der Waals surface area (Å²) in [6.07, 6.45) is 1.18. The van der Waals surface area contributed by atoms with Gasteiger partial charge in [0.25, 0.3) is 5.91 Å². The quantitative estimate of drug-likeness (QED) is 0.413. The van der Waals surface area contributed by atoms with Gasteiger partial charge in [0.1, 0.15) is 5.75 Å². The van der Waals surface area contributed by atoms with Gasteiger partial charge in [-0.3, -0.25) is 14.9 Å². The van der Waals surface area contributed by atoms with E-state index in [0.29, 0.717) is 10.8 Å². The van der Waals surface area contributed by atoms with Gasteiger partial charge in [0, 0.05) is 16.7 Å². The Labute approximate surface area is 165 Å². The molecule has 0 atom stereocenters. The summed E-state index contributed by atoms with van der Waals surface area (Å²) >= 11 is 6.08. The maximum atomic E-state index is 11.8. The molecule has 1 amide bonds. The van der Waals surface area contributed by atoms with Crippen molar-refractivity contribution in [3.8, 4) is 17.2 Å². The van der Waals surface area contributed by atoms with E-state index >= 15 is 0 Å². The number of hydrogen-bond acceptors (Lipinski definition) is 7. The third-order valence-electron chi connectivity index (χ3n) is 3.68. The lowest BCUT2D eigenvalue weighted by Crippen LogP contribution is -2.24. The molecule has 0 unspecified atom stereocenters. The summed E-state index contributed by atoms with van der Waals surface area (Å²) in [6, 6.07) is 5.87. The Bertz CT molecular complexity index is 922. The molecule has 0 bridgehead atoms. The Kier molecular flexibility index (Phi) is 6.78. The third-order valence-corrected chi connectivity index (χ3v) is 4.27. The van der Waals surface area contributed by atoms with E-state index in [1.54, 1.807) is 12.1 Å². The van der Waals surface area contributed by atoms with Gasteiger partial charge in [-0.2, -0.15) is 5.10 Å². The standard InChI is InChI=1S/C18H18ClN3O6/c1-10-4-13(5-11(2)17(10)19)28-9-16(23)21-20-8-12-6-14(22(25)26)18(24)15(7-12)27-3/h4-8,24H,9H2,1-3H3,(H,21,23). The van der Waals surface area contributed by atoms with Crippen molar-refractivity contribution in [2.45, 2.75) is 13.8 Å². The van der Waals surface area contributed by atoms with Crippen LogP contribution in [0.2, 0.25) is 5.02 Å². The lowest BCUT2D eigenvalue weighted by molar-refractivity contribution is -0.386. The van der Waals surface area contributed by atoms with Crippen molar-refractivity contribution in [2.24, 2.45) is 5.10 Å². The van der Waals surface area contributed by atoms with E-state index in [-0.39, 0.29) is 17.9 Å². The number of ether oxygens (including phenoxy) is 2. The zero-order chi connectivity index (χ0) is 20.8. The number of nitrogens with zero attached hydrogens (tertiary/aromatic N) is 2. The number of phenolic OH excluding ortho intramolecular Hbond substituents is 1. The molecule has 2 rings (SSSR count). The molecule has 148 valence electrons. The molecule has 10 heteroatoms. The largest absolute Gasteiger partial charge is 0.500 e. The number of amides is 1. The smallest absolute Gasteiger partial charge is 0.315 e. The van der Waals surface area contributed by atoms with Crippen LogP contribution in [0, 0.1) is 24.0 Å². The molecule has 0 aliphatic heterocycles. The molecule has 0 heterocycles. The van der Waals surface area contributed by atoms with Gasteiger partial charge in [0.2, 0.25) is 5.75 Å². The van der Waals surface area contributed by atoms with Crippen LogP contribution in [-0.2, 0) is 4.79 Å². The van der Waals surface area contributed by atoms with Gasteiger partial charge in [-0.1, -0.05) is 11.6 Å². The van der Waals surface area contributed by atoms with E-state index < -0.39 is 22.3 Å². The highest BCUT2D eigenvalue weighted by Crippen LogP contribution is 2.36. The first-order chi connectivity index (χ1) is 13.2. The van der Waals surface area contributed by atoms with Gasteiger partial charge in [-0.25, -0.2) is 5.43 Å². The van der Waals surface area contributed by atoms with Crippen molar-refractivity contribution < 1.29 is 24.3 Å². The predicted molar refractivity (Wildman–Crippen MR) is 103 cm³/mol. The minimum atomic E-state index is -0.752. The zero-order valence-corrected chi connectivity index (χ0v) is 16.1. The number of methoxy groups -OCH3 is 1. The van der Waals surface area contributed by atoms with Crippen LogP contribution in [0.1, 0.15) is 16.7 Å². The SMILES string of the molecule is COc1cc(C=NNC(=O)COc2cc(C)c(Cl)c(C)c2)cc([N+](=O)[O-])c1O. The number of phenols is 1. The van der Waals surface area contributed by atoms with Gasteiger partial charge in [-0.05, 0) is 43.2 Å². The number of nitrogens with one attached hydrogen (secondary N) is 1. The average Bonchev–Trinajstić information content (AvgIpc) is 2.65. The second-order valence-corrected chi connectivity index (χ2v) is 6.18. The van der Waals surface area contributed by atoms with Crippen LogP contribution in [0.4, 0.5) is 5.69 Å². The highest BCUT2D eigenvalue weighted by Gasteiger charge is 2.19. The maximum absolute atomic E-state index is 11.8. The first kappa shape index (κ1) is 21.0. The molecule has 0 radical (unpaired) electrons. The summed E-state index contributed by atoms with van der Waals surface area (Å²) < 4.78 is 10.3. The molecule has 0 saturated carbocycles. The topological polar surface area (TPSA) is 123 Å². The Hall–Kier alpha value is -3.33. The molecule has 0 saturated heterocycles. The molecular weight excluding hydrogens is 390 g/mol. The second-order valence-electron chi connectivity index (χ2n) is 5.80. The van der Waals surface area contributed by atoms with Crippen LogP contribution in [0.25, 0.3) is 0 Å². The maximum Gasteiger partial charge on any atom is 0.315 e. The van der Waals surface area contributed by atoms with Crippen LogP contribution < -0.4 is 14.9 Å². The van der Waals surface area contributed by atoms with Crippen LogP contribution in [0.15, 0.2) is 29.4 Å². The summed E-state index contributed by atoms with van der Waals surface area (Å²) in [4.78, 5) is 22.1. The van der Waals surface area contributed by atoms with Crippen LogP contribution in [0.3, 0.4) is 0 Å². The normalized spacial score (nSPS) is 10.7.